The van der Waals surface area contributed by atoms with E-state index >= 15 is 0 Å². The number of aromatic nitrogens is 1. The number of nitrogens with one attached hydrogen (secondary N) is 2. The van der Waals surface area contributed by atoms with Crippen LogP contribution in [0, 0.1) is 16.0 Å². The molecule has 0 aliphatic carbocycles. The van der Waals surface area contributed by atoms with Crippen molar-refractivity contribution < 1.29 is 4.92 Å². The van der Waals surface area contributed by atoms with Crippen LogP contribution in [0.4, 0.5) is 11.5 Å². The average molecular weight is 236 g/mol. The third kappa shape index (κ3) is 3.13. The van der Waals surface area contributed by atoms with E-state index in [-0.39, 0.29) is 5.69 Å². The molecule has 1 aliphatic heterocycles. The Hall–Kier alpha value is -1.69. The first kappa shape index (κ1) is 11.8. The fourth-order valence-electron chi connectivity index (χ4n) is 2.04. The van der Waals surface area contributed by atoms with Crippen LogP contribution in [0.2, 0.25) is 0 Å². The molecule has 2 rings (SSSR count). The summed E-state index contributed by atoms with van der Waals surface area (Å²) in [4.78, 5) is 14.3. The number of rotatable bonds is 5. The Morgan fingerprint density at radius 3 is 3.24 bits per heavy atom. The molecule has 1 unspecified atom stereocenters. The second kappa shape index (κ2) is 5.58. The molecule has 0 spiro atoms. The van der Waals surface area contributed by atoms with Gasteiger partial charge in [-0.1, -0.05) is 0 Å². The van der Waals surface area contributed by atoms with Gasteiger partial charge in [0.15, 0.2) is 0 Å². The quantitative estimate of drug-likeness (QED) is 0.596. The van der Waals surface area contributed by atoms with Crippen LogP contribution in [0.3, 0.4) is 0 Å². The van der Waals surface area contributed by atoms with Crippen LogP contribution in [-0.4, -0.2) is 29.5 Å². The highest BCUT2D eigenvalue weighted by Gasteiger charge is 2.16. The number of pyridine rings is 1. The van der Waals surface area contributed by atoms with Gasteiger partial charge in [0, 0.05) is 18.8 Å². The summed E-state index contributed by atoms with van der Waals surface area (Å²) in [6.07, 6.45) is 3.76. The van der Waals surface area contributed by atoms with Crippen LogP contribution in [0.25, 0.3) is 0 Å². The highest BCUT2D eigenvalue weighted by Crippen LogP contribution is 2.20. The lowest BCUT2D eigenvalue weighted by molar-refractivity contribution is -0.384. The second-order valence-electron chi connectivity index (χ2n) is 4.20. The van der Waals surface area contributed by atoms with Crippen molar-refractivity contribution in [3.8, 4) is 0 Å². The van der Waals surface area contributed by atoms with E-state index in [1.807, 2.05) is 0 Å². The van der Waals surface area contributed by atoms with Crippen molar-refractivity contribution >= 4 is 11.5 Å². The van der Waals surface area contributed by atoms with Crippen molar-refractivity contribution in [2.24, 2.45) is 5.92 Å². The Bertz CT molecular complexity index is 391. The zero-order valence-corrected chi connectivity index (χ0v) is 9.56. The van der Waals surface area contributed by atoms with E-state index in [1.54, 1.807) is 12.3 Å². The third-order valence-corrected chi connectivity index (χ3v) is 2.99. The Morgan fingerprint density at radius 1 is 1.65 bits per heavy atom. The largest absolute Gasteiger partial charge is 0.364 e. The maximum Gasteiger partial charge on any atom is 0.311 e. The summed E-state index contributed by atoms with van der Waals surface area (Å²) in [5.74, 6) is 1.04. The molecule has 6 heteroatoms. The van der Waals surface area contributed by atoms with Crippen LogP contribution in [0.15, 0.2) is 18.3 Å². The molecule has 1 aromatic heterocycles. The van der Waals surface area contributed by atoms with Crippen molar-refractivity contribution in [1.29, 1.82) is 0 Å². The van der Waals surface area contributed by atoms with Crippen LogP contribution in [-0.2, 0) is 0 Å². The van der Waals surface area contributed by atoms with E-state index in [2.05, 4.69) is 15.6 Å². The van der Waals surface area contributed by atoms with Gasteiger partial charge in [-0.2, -0.15) is 0 Å². The van der Waals surface area contributed by atoms with E-state index < -0.39 is 4.92 Å². The number of hydrogen-bond donors (Lipinski definition) is 2. The normalized spacial score (nSPS) is 19.2. The minimum Gasteiger partial charge on any atom is -0.364 e. The summed E-state index contributed by atoms with van der Waals surface area (Å²) in [6.45, 7) is 2.85. The highest BCUT2D eigenvalue weighted by molar-refractivity contribution is 5.54. The fraction of sp³-hybridized carbons (Fsp3) is 0.545. The molecule has 92 valence electrons. The summed E-state index contributed by atoms with van der Waals surface area (Å²) >= 11 is 0. The predicted octanol–water partition coefficient (Wildman–Crippen LogP) is 1.40. The molecule has 1 aliphatic rings. The topological polar surface area (TPSA) is 80.1 Å². The van der Waals surface area contributed by atoms with Gasteiger partial charge in [-0.25, -0.2) is 4.98 Å². The predicted molar refractivity (Wildman–Crippen MR) is 65.0 cm³/mol. The fourth-order valence-corrected chi connectivity index (χ4v) is 2.04. The van der Waals surface area contributed by atoms with E-state index in [1.165, 1.54) is 12.5 Å². The number of nitro groups is 1. The summed E-state index contributed by atoms with van der Waals surface area (Å²) < 4.78 is 0. The number of nitrogens with zero attached hydrogens (tertiary/aromatic N) is 2. The molecule has 0 amide bonds. The molecule has 1 atom stereocenters. The molecule has 17 heavy (non-hydrogen) atoms. The first-order valence-corrected chi connectivity index (χ1v) is 5.81. The van der Waals surface area contributed by atoms with Crippen molar-refractivity contribution in [3.05, 3.63) is 28.4 Å². The SMILES string of the molecule is O=[N+]([O-])c1cccnc1NCCC1CCNC1. The van der Waals surface area contributed by atoms with Gasteiger partial charge in [-0.15, -0.1) is 0 Å². The smallest absolute Gasteiger partial charge is 0.311 e. The maximum absolute atomic E-state index is 10.8. The van der Waals surface area contributed by atoms with Gasteiger partial charge in [0.1, 0.15) is 0 Å². The molecule has 0 radical (unpaired) electrons. The van der Waals surface area contributed by atoms with Crippen LogP contribution < -0.4 is 10.6 Å². The van der Waals surface area contributed by atoms with Gasteiger partial charge < -0.3 is 10.6 Å². The first-order chi connectivity index (χ1) is 8.27. The highest BCUT2D eigenvalue weighted by atomic mass is 16.6. The van der Waals surface area contributed by atoms with Crippen LogP contribution in [0.1, 0.15) is 12.8 Å². The lowest BCUT2D eigenvalue weighted by Crippen LogP contribution is -2.13. The minimum absolute atomic E-state index is 0.0389. The standard InChI is InChI=1S/C11H16N4O2/c16-15(17)10-2-1-5-13-11(10)14-7-4-9-3-6-12-8-9/h1-2,5,9,12H,3-4,6-8H2,(H,13,14). The van der Waals surface area contributed by atoms with E-state index in [0.29, 0.717) is 11.7 Å². The van der Waals surface area contributed by atoms with Crippen LogP contribution >= 0.6 is 0 Å². The van der Waals surface area contributed by atoms with Gasteiger partial charge in [-0.05, 0) is 37.9 Å². The summed E-state index contributed by atoms with van der Waals surface area (Å²) in [5.41, 5.74) is 0.0389. The van der Waals surface area contributed by atoms with E-state index in [9.17, 15) is 10.1 Å². The van der Waals surface area contributed by atoms with Crippen LogP contribution in [0.5, 0.6) is 0 Å². The number of hydrogen-bond acceptors (Lipinski definition) is 5. The lowest BCUT2D eigenvalue weighted by Gasteiger charge is -2.09. The number of anilines is 1. The molecule has 1 saturated heterocycles. The molecule has 1 fully saturated rings. The van der Waals surface area contributed by atoms with E-state index in [0.717, 1.165) is 26.1 Å². The third-order valence-electron chi connectivity index (χ3n) is 2.99. The molecular formula is C11H16N4O2. The second-order valence-corrected chi connectivity index (χ2v) is 4.20. The average Bonchev–Trinajstić information content (AvgIpc) is 2.82. The van der Waals surface area contributed by atoms with Gasteiger partial charge in [0.2, 0.25) is 5.82 Å². The summed E-state index contributed by atoms with van der Waals surface area (Å²) in [5, 5.41) is 17.1. The minimum atomic E-state index is -0.410. The first-order valence-electron chi connectivity index (χ1n) is 5.81. The Morgan fingerprint density at radius 2 is 2.53 bits per heavy atom. The monoisotopic (exact) mass is 236 g/mol. The molecule has 0 bridgehead atoms. The Balaban J connectivity index is 1.87. The van der Waals surface area contributed by atoms with Crippen molar-refractivity contribution in [1.82, 2.24) is 10.3 Å². The molecule has 2 heterocycles. The lowest BCUT2D eigenvalue weighted by atomic mass is 10.1. The van der Waals surface area contributed by atoms with Crippen molar-refractivity contribution in [3.63, 3.8) is 0 Å². The molecule has 0 saturated carbocycles. The van der Waals surface area contributed by atoms with E-state index in [4.69, 9.17) is 0 Å². The zero-order chi connectivity index (χ0) is 12.1. The maximum atomic E-state index is 10.8. The van der Waals surface area contributed by atoms with Gasteiger partial charge >= 0.3 is 5.69 Å². The van der Waals surface area contributed by atoms with Gasteiger partial charge in [0.25, 0.3) is 0 Å². The van der Waals surface area contributed by atoms with Crippen molar-refractivity contribution in [2.75, 3.05) is 25.0 Å². The molecule has 0 aromatic carbocycles. The summed E-state index contributed by atoms with van der Waals surface area (Å²) in [6, 6.07) is 3.04. The van der Waals surface area contributed by atoms with Gasteiger partial charge in [-0.3, -0.25) is 10.1 Å². The van der Waals surface area contributed by atoms with Gasteiger partial charge in [0.05, 0.1) is 4.92 Å². The van der Waals surface area contributed by atoms with Crippen molar-refractivity contribution in [2.45, 2.75) is 12.8 Å². The molecule has 6 nitrogen and oxygen atoms in total. The molecule has 2 N–H and O–H groups in total. The zero-order valence-electron chi connectivity index (χ0n) is 9.56. The molecular weight excluding hydrogens is 220 g/mol. The summed E-state index contributed by atoms with van der Waals surface area (Å²) in [7, 11) is 0. The Labute approximate surface area is 99.6 Å². The Kier molecular flexibility index (Phi) is 3.87. The molecule has 1 aromatic rings.